The Kier molecular flexibility index (Phi) is 5.21. The number of carbonyl (C=O) groups excluding carboxylic acids is 3. The first-order valence-electron chi connectivity index (χ1n) is 8.10. The number of fused-ring (bicyclic) bond motifs is 1. The molecule has 1 atom stereocenters. The highest BCUT2D eigenvalue weighted by Crippen LogP contribution is 2.33. The molecule has 0 radical (unpaired) electrons. The second-order valence-electron chi connectivity index (χ2n) is 5.96. The van der Waals surface area contributed by atoms with E-state index in [4.69, 9.17) is 9.47 Å². The van der Waals surface area contributed by atoms with Crippen molar-refractivity contribution in [2.45, 2.75) is 13.0 Å². The molecule has 140 valence electrons. The summed E-state index contributed by atoms with van der Waals surface area (Å²) in [7, 11) is 0. The molecule has 3 N–H and O–H groups in total. The minimum Gasteiger partial charge on any atom is -0.478 e. The number of benzene rings is 1. The number of nitrogens with one attached hydrogen (secondary N) is 3. The van der Waals surface area contributed by atoms with Crippen LogP contribution in [0.2, 0.25) is 0 Å². The van der Waals surface area contributed by atoms with E-state index >= 15 is 0 Å². The molecule has 2 aliphatic rings. The van der Waals surface area contributed by atoms with Crippen LogP contribution in [0, 0.1) is 5.82 Å². The lowest BCUT2D eigenvalue weighted by Gasteiger charge is -2.32. The van der Waals surface area contributed by atoms with Gasteiger partial charge in [-0.25, -0.2) is 9.18 Å². The predicted octanol–water partition coefficient (Wildman–Crippen LogP) is 0.525. The van der Waals surface area contributed by atoms with Gasteiger partial charge in [-0.3, -0.25) is 9.59 Å². The number of rotatable bonds is 3. The summed E-state index contributed by atoms with van der Waals surface area (Å²) in [6.07, 6.45) is -0.314. The number of amides is 4. The molecule has 2 heterocycles. The van der Waals surface area contributed by atoms with Crippen LogP contribution in [0.3, 0.4) is 0 Å². The Hall–Kier alpha value is -2.88. The van der Waals surface area contributed by atoms with Crippen LogP contribution in [0.1, 0.15) is 6.92 Å². The van der Waals surface area contributed by atoms with E-state index in [1.165, 1.54) is 13.0 Å². The Balaban J connectivity index is 1.55. The molecule has 26 heavy (non-hydrogen) atoms. The summed E-state index contributed by atoms with van der Waals surface area (Å²) in [6, 6.07) is 1.95. The molecule has 9 nitrogen and oxygen atoms in total. The van der Waals surface area contributed by atoms with Gasteiger partial charge in [0.15, 0.2) is 18.2 Å². The van der Waals surface area contributed by atoms with Gasteiger partial charge in [-0.15, -0.1) is 0 Å². The second-order valence-corrected chi connectivity index (χ2v) is 5.96. The third kappa shape index (κ3) is 4.20. The molecule has 10 heteroatoms. The first kappa shape index (κ1) is 17.9. The third-order valence-corrected chi connectivity index (χ3v) is 4.00. The number of anilines is 2. The van der Waals surface area contributed by atoms with E-state index in [0.717, 1.165) is 6.07 Å². The van der Waals surface area contributed by atoms with Gasteiger partial charge in [0.1, 0.15) is 0 Å². The fourth-order valence-corrected chi connectivity index (χ4v) is 2.74. The van der Waals surface area contributed by atoms with Crippen molar-refractivity contribution in [2.75, 3.05) is 43.5 Å². The Morgan fingerprint density at radius 1 is 1.42 bits per heavy atom. The van der Waals surface area contributed by atoms with Gasteiger partial charge in [0.05, 0.1) is 18.4 Å². The van der Waals surface area contributed by atoms with Crippen molar-refractivity contribution in [1.29, 1.82) is 0 Å². The smallest absolute Gasteiger partial charge is 0.319 e. The lowest BCUT2D eigenvalue weighted by molar-refractivity contribution is -0.136. The zero-order valence-electron chi connectivity index (χ0n) is 14.1. The van der Waals surface area contributed by atoms with Crippen molar-refractivity contribution in [3.63, 3.8) is 0 Å². The van der Waals surface area contributed by atoms with E-state index in [1.807, 2.05) is 0 Å². The Labute approximate surface area is 148 Å². The maximum Gasteiger partial charge on any atom is 0.319 e. The zero-order valence-corrected chi connectivity index (χ0v) is 14.1. The molecule has 0 spiro atoms. The summed E-state index contributed by atoms with van der Waals surface area (Å²) < 4.78 is 24.5. The lowest BCUT2D eigenvalue weighted by atomic mass is 10.2. The van der Waals surface area contributed by atoms with Gasteiger partial charge in [0, 0.05) is 38.3 Å². The van der Waals surface area contributed by atoms with Gasteiger partial charge in [-0.05, 0) is 6.07 Å². The van der Waals surface area contributed by atoms with E-state index in [1.54, 1.807) is 4.90 Å². The van der Waals surface area contributed by atoms with Gasteiger partial charge in [0.25, 0.3) is 5.91 Å². The molecule has 0 bridgehead atoms. The number of carbonyl (C=O) groups is 3. The number of hydrogen-bond donors (Lipinski definition) is 3. The minimum absolute atomic E-state index is 0.0449. The minimum atomic E-state index is -0.689. The summed E-state index contributed by atoms with van der Waals surface area (Å²) in [5.41, 5.74) is 0.323. The zero-order chi connectivity index (χ0) is 18.7. The van der Waals surface area contributed by atoms with Gasteiger partial charge in [0.2, 0.25) is 5.91 Å². The van der Waals surface area contributed by atoms with Gasteiger partial charge >= 0.3 is 6.03 Å². The van der Waals surface area contributed by atoms with Crippen molar-refractivity contribution in [3.05, 3.63) is 17.9 Å². The molecule has 1 unspecified atom stereocenters. The largest absolute Gasteiger partial charge is 0.478 e. The second kappa shape index (κ2) is 7.56. The van der Waals surface area contributed by atoms with Crippen molar-refractivity contribution in [3.8, 4) is 5.75 Å². The van der Waals surface area contributed by atoms with Gasteiger partial charge in [-0.2, -0.15) is 0 Å². The van der Waals surface area contributed by atoms with E-state index in [0.29, 0.717) is 19.7 Å². The number of hydrogen-bond acceptors (Lipinski definition) is 5. The van der Waals surface area contributed by atoms with Crippen LogP contribution < -0.4 is 20.7 Å². The van der Waals surface area contributed by atoms with Crippen molar-refractivity contribution < 1.29 is 28.2 Å². The van der Waals surface area contributed by atoms with Crippen LogP contribution in [-0.4, -0.2) is 61.7 Å². The van der Waals surface area contributed by atoms with Crippen LogP contribution in [0.4, 0.5) is 20.6 Å². The summed E-state index contributed by atoms with van der Waals surface area (Å²) in [4.78, 5) is 36.4. The Morgan fingerprint density at radius 3 is 3.00 bits per heavy atom. The number of ether oxygens (including phenoxy) is 2. The van der Waals surface area contributed by atoms with Crippen molar-refractivity contribution in [2.24, 2.45) is 0 Å². The van der Waals surface area contributed by atoms with Crippen LogP contribution in [0.15, 0.2) is 12.1 Å². The lowest BCUT2D eigenvalue weighted by Crippen LogP contribution is -2.49. The molecule has 4 amide bonds. The molecular weight excluding hydrogens is 347 g/mol. The molecule has 1 aromatic rings. The Bertz CT molecular complexity index is 742. The number of nitrogens with zero attached hydrogens (tertiary/aromatic N) is 1. The number of urea groups is 1. The highest BCUT2D eigenvalue weighted by molar-refractivity contribution is 5.97. The van der Waals surface area contributed by atoms with Crippen LogP contribution in [0.5, 0.6) is 5.75 Å². The van der Waals surface area contributed by atoms with E-state index < -0.39 is 17.8 Å². The van der Waals surface area contributed by atoms with Crippen LogP contribution in [0.25, 0.3) is 0 Å². The predicted molar refractivity (Wildman–Crippen MR) is 89.5 cm³/mol. The van der Waals surface area contributed by atoms with Gasteiger partial charge < -0.3 is 30.3 Å². The molecule has 0 saturated carbocycles. The highest BCUT2D eigenvalue weighted by atomic mass is 19.1. The number of morpholine rings is 1. The average molecular weight is 366 g/mol. The standard InChI is InChI=1S/C16H19FN4O5/c1-9(22)21-2-3-25-11(7-21)6-18-16(24)19-10-4-12(17)15-13(5-10)20-14(23)8-26-15/h4-5,11H,2-3,6-8H2,1H3,(H,20,23)(H2,18,19,24). The van der Waals surface area contributed by atoms with Crippen LogP contribution in [-0.2, 0) is 14.3 Å². The molecule has 0 aromatic heterocycles. The molecule has 0 aliphatic carbocycles. The fourth-order valence-electron chi connectivity index (χ4n) is 2.74. The van der Waals surface area contributed by atoms with Crippen molar-refractivity contribution >= 4 is 29.2 Å². The SMILES string of the molecule is CC(=O)N1CCOC(CNC(=O)Nc2cc(F)c3c(c2)NC(=O)CO3)C1. The molecular formula is C16H19FN4O5. The number of halogens is 1. The third-order valence-electron chi connectivity index (χ3n) is 4.00. The molecule has 1 aromatic carbocycles. The molecule has 2 aliphatic heterocycles. The van der Waals surface area contributed by atoms with Crippen molar-refractivity contribution in [1.82, 2.24) is 10.2 Å². The normalized spacial score (nSPS) is 19.1. The summed E-state index contributed by atoms with van der Waals surface area (Å²) in [6.45, 7) is 2.75. The van der Waals surface area contributed by atoms with E-state index in [2.05, 4.69) is 16.0 Å². The summed E-state index contributed by atoms with van der Waals surface area (Å²) >= 11 is 0. The molecule has 3 rings (SSSR count). The van der Waals surface area contributed by atoms with E-state index in [9.17, 15) is 18.8 Å². The average Bonchev–Trinajstić information content (AvgIpc) is 2.60. The van der Waals surface area contributed by atoms with E-state index in [-0.39, 0.29) is 42.3 Å². The maximum atomic E-state index is 14.0. The first-order valence-corrected chi connectivity index (χ1v) is 8.10. The topological polar surface area (TPSA) is 109 Å². The first-order chi connectivity index (χ1) is 12.4. The molecule has 1 fully saturated rings. The maximum absolute atomic E-state index is 14.0. The molecule has 1 saturated heterocycles. The Morgan fingerprint density at radius 2 is 2.23 bits per heavy atom. The fraction of sp³-hybridized carbons (Fsp3) is 0.438. The monoisotopic (exact) mass is 366 g/mol. The highest BCUT2D eigenvalue weighted by Gasteiger charge is 2.23. The van der Waals surface area contributed by atoms with Gasteiger partial charge in [-0.1, -0.05) is 0 Å². The summed E-state index contributed by atoms with van der Waals surface area (Å²) in [5.74, 6) is -1.19. The quantitative estimate of drug-likeness (QED) is 0.723. The van der Waals surface area contributed by atoms with Crippen LogP contribution >= 0.6 is 0 Å². The summed E-state index contributed by atoms with van der Waals surface area (Å²) in [5, 5.41) is 7.58.